The lowest BCUT2D eigenvalue weighted by atomic mass is 10.1. The molecule has 0 aromatic heterocycles. The van der Waals surface area contributed by atoms with E-state index in [4.69, 9.17) is 14.2 Å². The number of benzene rings is 1. The highest BCUT2D eigenvalue weighted by atomic mass is 127. The van der Waals surface area contributed by atoms with Crippen molar-refractivity contribution in [1.82, 2.24) is 15.5 Å². The summed E-state index contributed by atoms with van der Waals surface area (Å²) in [5, 5.41) is 17.2. The number of guanidine groups is 1. The van der Waals surface area contributed by atoms with Gasteiger partial charge in [-0.25, -0.2) is 0 Å². The minimum absolute atomic E-state index is 0. The molecule has 2 rings (SSSR count). The van der Waals surface area contributed by atoms with Crippen molar-refractivity contribution in [2.75, 3.05) is 66.2 Å². The number of hydrogen-bond acceptors (Lipinski definition) is 6. The fourth-order valence-electron chi connectivity index (χ4n) is 3.17. The first kappa shape index (κ1) is 27.9. The van der Waals surface area contributed by atoms with Crippen molar-refractivity contribution >= 4 is 29.9 Å². The van der Waals surface area contributed by atoms with Crippen LogP contribution in [0.2, 0.25) is 0 Å². The third-order valence-electron chi connectivity index (χ3n) is 4.78. The lowest BCUT2D eigenvalue weighted by Crippen LogP contribution is -2.48. The van der Waals surface area contributed by atoms with E-state index in [-0.39, 0.29) is 24.0 Å². The quantitative estimate of drug-likeness (QED) is 0.159. The van der Waals surface area contributed by atoms with Crippen molar-refractivity contribution in [3.05, 3.63) is 29.8 Å². The van der Waals surface area contributed by atoms with E-state index in [0.717, 1.165) is 63.1 Å². The molecule has 1 aliphatic heterocycles. The molecule has 1 heterocycles. The maximum atomic E-state index is 10.7. The first-order chi connectivity index (χ1) is 14.5. The number of morpholine rings is 1. The lowest BCUT2D eigenvalue weighted by molar-refractivity contribution is -0.0180. The van der Waals surface area contributed by atoms with Crippen LogP contribution >= 0.6 is 24.0 Å². The molecule has 178 valence electrons. The summed E-state index contributed by atoms with van der Waals surface area (Å²) in [4.78, 5) is 6.79. The highest BCUT2D eigenvalue weighted by Crippen LogP contribution is 2.12. The van der Waals surface area contributed by atoms with Gasteiger partial charge in [0.1, 0.15) is 5.75 Å². The summed E-state index contributed by atoms with van der Waals surface area (Å²) in [6, 6.07) is 7.90. The van der Waals surface area contributed by atoms with Crippen LogP contribution in [0.15, 0.2) is 29.3 Å². The number of nitrogens with one attached hydrogen (secondary N) is 2. The molecule has 0 aliphatic carbocycles. The Morgan fingerprint density at radius 2 is 1.94 bits per heavy atom. The Balaban J connectivity index is 0.00000480. The molecule has 3 N–H and O–H groups in total. The van der Waals surface area contributed by atoms with Gasteiger partial charge in [0.15, 0.2) is 5.96 Å². The Kier molecular flexibility index (Phi) is 14.1. The molecule has 1 fully saturated rings. The number of rotatable bonds is 12. The monoisotopic (exact) mass is 550 g/mol. The Labute approximate surface area is 203 Å². The van der Waals surface area contributed by atoms with Gasteiger partial charge in [-0.2, -0.15) is 0 Å². The van der Waals surface area contributed by atoms with Gasteiger partial charge in [0.25, 0.3) is 0 Å². The second-order valence-corrected chi connectivity index (χ2v) is 7.76. The Hall–Kier alpha value is -1.14. The molecule has 1 unspecified atom stereocenters. The van der Waals surface area contributed by atoms with Crippen LogP contribution < -0.4 is 15.4 Å². The molecular formula is C22H39IN4O4. The molecule has 8 nitrogen and oxygen atoms in total. The number of hydrogen-bond donors (Lipinski definition) is 3. The van der Waals surface area contributed by atoms with E-state index < -0.39 is 5.60 Å². The number of β-amino-alcohol motifs (C(OH)–C–C–N with tert-alkyl or cyclic N) is 1. The van der Waals surface area contributed by atoms with Gasteiger partial charge in [-0.1, -0.05) is 12.1 Å². The number of methoxy groups -OCH3 is 1. The Morgan fingerprint density at radius 1 is 1.23 bits per heavy atom. The summed E-state index contributed by atoms with van der Waals surface area (Å²) >= 11 is 0. The first-order valence-corrected chi connectivity index (χ1v) is 10.8. The lowest BCUT2D eigenvalue weighted by Gasteiger charge is -2.33. The predicted molar refractivity (Wildman–Crippen MR) is 135 cm³/mol. The smallest absolute Gasteiger partial charge is 0.191 e. The molecule has 0 saturated carbocycles. The number of halogens is 1. The van der Waals surface area contributed by atoms with Gasteiger partial charge in [-0.3, -0.25) is 9.89 Å². The summed E-state index contributed by atoms with van der Waals surface area (Å²) in [6.45, 7) is 10.7. The van der Waals surface area contributed by atoms with Crippen molar-refractivity contribution < 1.29 is 19.3 Å². The third-order valence-corrected chi connectivity index (χ3v) is 4.78. The molecule has 0 bridgehead atoms. The molecule has 0 radical (unpaired) electrons. The van der Waals surface area contributed by atoms with E-state index in [9.17, 15) is 5.11 Å². The Morgan fingerprint density at radius 3 is 2.58 bits per heavy atom. The zero-order valence-electron chi connectivity index (χ0n) is 19.1. The maximum Gasteiger partial charge on any atom is 0.191 e. The summed E-state index contributed by atoms with van der Waals surface area (Å²) in [5.41, 5.74) is 0.252. The number of aliphatic hydroxyl groups is 1. The van der Waals surface area contributed by atoms with Gasteiger partial charge >= 0.3 is 0 Å². The molecule has 31 heavy (non-hydrogen) atoms. The van der Waals surface area contributed by atoms with Crippen molar-refractivity contribution in [2.45, 2.75) is 32.5 Å². The Bertz CT molecular complexity index is 622. The summed E-state index contributed by atoms with van der Waals surface area (Å²) in [7, 11) is 1.66. The minimum Gasteiger partial charge on any atom is -0.497 e. The SMILES string of the molecule is CCNC(=NCC(C)(O)CN1CCOCC1)NCCCOCc1ccc(OC)cc1.I. The van der Waals surface area contributed by atoms with Crippen LogP contribution in [0.25, 0.3) is 0 Å². The molecule has 1 aromatic carbocycles. The van der Waals surface area contributed by atoms with Crippen LogP contribution in [-0.4, -0.2) is 87.8 Å². The van der Waals surface area contributed by atoms with E-state index in [0.29, 0.717) is 26.3 Å². The molecule has 1 aliphatic rings. The number of aliphatic imine (C=N–C) groups is 1. The average Bonchev–Trinajstić information content (AvgIpc) is 2.75. The third kappa shape index (κ3) is 11.9. The topological polar surface area (TPSA) is 87.6 Å². The fraction of sp³-hybridized carbons (Fsp3) is 0.682. The van der Waals surface area contributed by atoms with Crippen molar-refractivity contribution in [1.29, 1.82) is 0 Å². The van der Waals surface area contributed by atoms with Crippen LogP contribution in [0.5, 0.6) is 5.75 Å². The number of ether oxygens (including phenoxy) is 3. The van der Waals surface area contributed by atoms with Crippen LogP contribution in [0.3, 0.4) is 0 Å². The average molecular weight is 550 g/mol. The van der Waals surface area contributed by atoms with Crippen molar-refractivity contribution in [3.8, 4) is 5.75 Å². The van der Waals surface area contributed by atoms with E-state index in [1.54, 1.807) is 7.11 Å². The zero-order valence-corrected chi connectivity index (χ0v) is 21.4. The standard InChI is InChI=1S/C22H38N4O4.HI/c1-4-23-21(25-17-22(2,27)18-26-11-14-29-15-12-26)24-10-5-13-30-16-19-6-8-20(28-3)9-7-19;/h6-9,27H,4-5,10-18H2,1-3H3,(H2,23,24,25);1H. The predicted octanol–water partition coefficient (Wildman–Crippen LogP) is 1.86. The van der Waals surface area contributed by atoms with Gasteiger partial charge in [0.05, 0.1) is 39.1 Å². The molecule has 1 saturated heterocycles. The molecule has 1 aromatic rings. The molecule has 9 heteroatoms. The largest absolute Gasteiger partial charge is 0.497 e. The van der Waals surface area contributed by atoms with Gasteiger partial charge in [0, 0.05) is 39.3 Å². The van der Waals surface area contributed by atoms with E-state index in [2.05, 4.69) is 20.5 Å². The van der Waals surface area contributed by atoms with Crippen molar-refractivity contribution in [3.63, 3.8) is 0 Å². The van der Waals surface area contributed by atoms with Crippen LogP contribution in [-0.2, 0) is 16.1 Å². The summed E-state index contributed by atoms with van der Waals surface area (Å²) in [6.07, 6.45) is 0.866. The first-order valence-electron chi connectivity index (χ1n) is 10.8. The van der Waals surface area contributed by atoms with Crippen LogP contribution in [0.4, 0.5) is 0 Å². The van der Waals surface area contributed by atoms with Gasteiger partial charge in [-0.15, -0.1) is 24.0 Å². The zero-order chi connectivity index (χ0) is 21.7. The van der Waals surface area contributed by atoms with Gasteiger partial charge in [0.2, 0.25) is 0 Å². The molecule has 0 spiro atoms. The van der Waals surface area contributed by atoms with Crippen LogP contribution in [0, 0.1) is 0 Å². The number of nitrogens with zero attached hydrogens (tertiary/aromatic N) is 2. The van der Waals surface area contributed by atoms with E-state index in [1.165, 1.54) is 0 Å². The summed E-state index contributed by atoms with van der Waals surface area (Å²) < 4.78 is 16.3. The maximum absolute atomic E-state index is 10.7. The fourth-order valence-corrected chi connectivity index (χ4v) is 3.17. The van der Waals surface area contributed by atoms with Gasteiger partial charge < -0.3 is 30.0 Å². The molecular weight excluding hydrogens is 511 g/mol. The van der Waals surface area contributed by atoms with Crippen molar-refractivity contribution in [2.24, 2.45) is 4.99 Å². The minimum atomic E-state index is -0.874. The van der Waals surface area contributed by atoms with Gasteiger partial charge in [-0.05, 0) is 38.0 Å². The summed E-state index contributed by atoms with van der Waals surface area (Å²) in [5.74, 6) is 1.57. The second kappa shape index (κ2) is 15.6. The second-order valence-electron chi connectivity index (χ2n) is 7.76. The highest BCUT2D eigenvalue weighted by molar-refractivity contribution is 14.0. The normalized spacial score (nSPS) is 16.8. The van der Waals surface area contributed by atoms with E-state index in [1.807, 2.05) is 38.1 Å². The van der Waals surface area contributed by atoms with E-state index >= 15 is 0 Å². The molecule has 1 atom stereocenters. The van der Waals surface area contributed by atoms with Crippen LogP contribution in [0.1, 0.15) is 25.8 Å². The molecule has 0 amide bonds. The highest BCUT2D eigenvalue weighted by Gasteiger charge is 2.25.